The molecule has 0 amide bonds. The van der Waals surface area contributed by atoms with Crippen LogP contribution in [0.15, 0.2) is 36.6 Å². The smallest absolute Gasteiger partial charge is 0.472 e. The maximum Gasteiger partial charge on any atom is 0.472 e. The Labute approximate surface area is 363 Å². The molecule has 1 saturated carbocycles. The largest absolute Gasteiger partial charge is 0.498 e. The number of hydrogen-bond donors (Lipinski definition) is 6. The van der Waals surface area contributed by atoms with Gasteiger partial charge >= 0.3 is 13.8 Å². The van der Waals surface area contributed by atoms with Crippen LogP contribution in [0.25, 0.3) is 0 Å². The van der Waals surface area contributed by atoms with Gasteiger partial charge in [0.2, 0.25) is 0 Å². The molecule has 352 valence electrons. The lowest BCUT2D eigenvalue weighted by atomic mass is 9.85. The number of aliphatic hydroxyl groups is 5. The van der Waals surface area contributed by atoms with E-state index in [-0.39, 0.29) is 13.0 Å². The number of esters is 1. The van der Waals surface area contributed by atoms with Crippen molar-refractivity contribution >= 4 is 13.8 Å². The average molecular weight is 875 g/mol. The van der Waals surface area contributed by atoms with Gasteiger partial charge in [0, 0.05) is 6.42 Å². The first-order valence-electron chi connectivity index (χ1n) is 23.9. The Balaban J connectivity index is 2.40. The predicted molar refractivity (Wildman–Crippen MR) is 239 cm³/mol. The fraction of sp³-hybridized carbons (Fsp3) is 0.851. The van der Waals surface area contributed by atoms with Crippen molar-refractivity contribution in [2.75, 3.05) is 13.2 Å². The van der Waals surface area contributed by atoms with E-state index in [0.717, 1.165) is 51.4 Å². The SMILES string of the molecule is CCCCC/C=C\C/C=C\CCCCCCCCCCCC(=O)O[C@H](CO/C=C\CCCCCCCCCCCCCC)COP(=O)(O)OC1C(O)C(O)C(O)[C@@H](O)C1O. The van der Waals surface area contributed by atoms with E-state index in [2.05, 4.69) is 38.2 Å². The Hall–Kier alpha value is -1.60. The highest BCUT2D eigenvalue weighted by molar-refractivity contribution is 7.47. The van der Waals surface area contributed by atoms with E-state index in [0.29, 0.717) is 6.42 Å². The number of carbonyl (C=O) groups is 1. The Morgan fingerprint density at radius 2 is 0.933 bits per heavy atom. The first-order chi connectivity index (χ1) is 29.0. The summed E-state index contributed by atoms with van der Waals surface area (Å²) in [6, 6.07) is 0. The van der Waals surface area contributed by atoms with Gasteiger partial charge in [-0.2, -0.15) is 0 Å². The molecule has 0 aromatic rings. The average Bonchev–Trinajstić information content (AvgIpc) is 3.23. The summed E-state index contributed by atoms with van der Waals surface area (Å²) in [5, 5.41) is 50.2. The Morgan fingerprint density at radius 1 is 0.533 bits per heavy atom. The van der Waals surface area contributed by atoms with E-state index in [1.807, 2.05) is 6.08 Å². The fourth-order valence-electron chi connectivity index (χ4n) is 7.23. The molecule has 6 unspecified atom stereocenters. The second kappa shape index (κ2) is 37.9. The number of aliphatic hydroxyl groups excluding tert-OH is 5. The zero-order chi connectivity index (χ0) is 44.1. The number of ether oxygens (including phenoxy) is 2. The lowest BCUT2D eigenvalue weighted by molar-refractivity contribution is -0.220. The van der Waals surface area contributed by atoms with Gasteiger partial charge in [-0.1, -0.05) is 167 Å². The summed E-state index contributed by atoms with van der Waals surface area (Å²) >= 11 is 0. The molecule has 8 atom stereocenters. The minimum absolute atomic E-state index is 0.161. The van der Waals surface area contributed by atoms with Crippen molar-refractivity contribution in [1.29, 1.82) is 0 Å². The van der Waals surface area contributed by atoms with Gasteiger partial charge in [0.1, 0.15) is 43.2 Å². The second-order valence-corrected chi connectivity index (χ2v) is 18.1. The minimum Gasteiger partial charge on any atom is -0.498 e. The number of hydrogen-bond acceptors (Lipinski definition) is 11. The van der Waals surface area contributed by atoms with Crippen molar-refractivity contribution < 1.29 is 58.3 Å². The molecule has 1 aliphatic carbocycles. The standard InChI is InChI=1S/C47H87O12P/c1-3-5-7-9-11-13-15-17-19-20-21-22-23-24-26-28-30-32-34-36-41(48)58-40(38-56-37-35-33-31-29-27-25-18-16-14-12-10-8-6-4-2)39-57-60(54,55)59-47-45(52)43(50)42(49)44(51)46(47)53/h11,13,17,19,35,37,40,42-47,49-53H,3-10,12,14-16,18,20-34,36,38-39H2,1-2H3,(H,54,55)/b13-11-,19-17-,37-35-/t40-,42?,43-,44?,45?,46?,47?/m1/s1. The topological polar surface area (TPSA) is 192 Å². The van der Waals surface area contributed by atoms with Crippen LogP contribution in [-0.4, -0.2) is 92.3 Å². The van der Waals surface area contributed by atoms with Crippen molar-refractivity contribution in [3.05, 3.63) is 36.6 Å². The van der Waals surface area contributed by atoms with E-state index in [4.69, 9.17) is 18.5 Å². The summed E-state index contributed by atoms with van der Waals surface area (Å²) < 4.78 is 34.0. The van der Waals surface area contributed by atoms with Gasteiger partial charge in [0.05, 0.1) is 12.9 Å². The van der Waals surface area contributed by atoms with Crippen molar-refractivity contribution in [1.82, 2.24) is 0 Å². The molecular weight excluding hydrogens is 787 g/mol. The summed E-state index contributed by atoms with van der Waals surface area (Å²) in [7, 11) is -5.03. The van der Waals surface area contributed by atoms with Crippen molar-refractivity contribution in [3.8, 4) is 0 Å². The molecule has 1 aliphatic rings. The van der Waals surface area contributed by atoms with Crippen molar-refractivity contribution in [3.63, 3.8) is 0 Å². The van der Waals surface area contributed by atoms with E-state index >= 15 is 0 Å². The molecule has 1 rings (SSSR count). The maximum absolute atomic E-state index is 12.8. The molecule has 0 aromatic heterocycles. The van der Waals surface area contributed by atoms with Crippen LogP contribution in [0.2, 0.25) is 0 Å². The first-order valence-corrected chi connectivity index (χ1v) is 25.4. The van der Waals surface area contributed by atoms with Gasteiger partial charge in [-0.05, 0) is 57.4 Å². The zero-order valence-corrected chi connectivity index (χ0v) is 38.4. The lowest BCUT2D eigenvalue weighted by Crippen LogP contribution is -2.64. The van der Waals surface area contributed by atoms with Gasteiger partial charge in [-0.15, -0.1) is 0 Å². The zero-order valence-electron chi connectivity index (χ0n) is 37.5. The van der Waals surface area contributed by atoms with E-state index < -0.39 is 63.1 Å². The van der Waals surface area contributed by atoms with E-state index in [1.165, 1.54) is 128 Å². The first kappa shape index (κ1) is 56.4. The number of phosphoric ester groups is 1. The fourth-order valence-corrected chi connectivity index (χ4v) is 8.21. The van der Waals surface area contributed by atoms with Gasteiger partial charge in [-0.25, -0.2) is 4.57 Å². The highest BCUT2D eigenvalue weighted by atomic mass is 31.2. The molecular formula is C47H87O12P. The third kappa shape index (κ3) is 29.7. The monoisotopic (exact) mass is 875 g/mol. The molecule has 12 nitrogen and oxygen atoms in total. The molecule has 0 radical (unpaired) electrons. The molecule has 1 fully saturated rings. The van der Waals surface area contributed by atoms with Gasteiger partial charge in [-0.3, -0.25) is 13.8 Å². The molecule has 13 heteroatoms. The normalized spacial score (nSPS) is 22.5. The molecule has 0 heterocycles. The summed E-state index contributed by atoms with van der Waals surface area (Å²) in [4.78, 5) is 23.1. The number of unbranched alkanes of at least 4 members (excludes halogenated alkanes) is 24. The number of rotatable bonds is 40. The van der Waals surface area contributed by atoms with Crippen molar-refractivity contribution in [2.45, 2.75) is 243 Å². The molecule has 0 saturated heterocycles. The quantitative estimate of drug-likeness (QED) is 0.0112. The van der Waals surface area contributed by atoms with Gasteiger partial charge in [0.15, 0.2) is 6.10 Å². The molecule has 6 N–H and O–H groups in total. The number of carbonyl (C=O) groups excluding carboxylic acids is 1. The molecule has 0 spiro atoms. The maximum atomic E-state index is 12.8. The second-order valence-electron chi connectivity index (χ2n) is 16.7. The van der Waals surface area contributed by atoms with Crippen LogP contribution < -0.4 is 0 Å². The number of allylic oxidation sites excluding steroid dienone is 5. The van der Waals surface area contributed by atoms with Gasteiger partial charge < -0.3 is 39.9 Å². The summed E-state index contributed by atoms with van der Waals surface area (Å²) in [6.07, 6.45) is 32.9. The highest BCUT2D eigenvalue weighted by Crippen LogP contribution is 2.47. The Morgan fingerprint density at radius 3 is 1.43 bits per heavy atom. The van der Waals surface area contributed by atoms with Crippen molar-refractivity contribution in [2.24, 2.45) is 0 Å². The Kier molecular flexibility index (Phi) is 35.6. The Bertz CT molecular complexity index is 1130. The summed E-state index contributed by atoms with van der Waals surface area (Å²) in [5.74, 6) is -0.503. The predicted octanol–water partition coefficient (Wildman–Crippen LogP) is 10.2. The molecule has 0 bridgehead atoms. The van der Waals surface area contributed by atoms with Crippen LogP contribution in [-0.2, 0) is 27.9 Å². The van der Waals surface area contributed by atoms with Crippen LogP contribution in [0, 0.1) is 0 Å². The summed E-state index contributed by atoms with van der Waals surface area (Å²) in [6.45, 7) is 3.70. The molecule has 0 aliphatic heterocycles. The molecule has 0 aromatic carbocycles. The van der Waals surface area contributed by atoms with Gasteiger partial charge in [0.25, 0.3) is 0 Å². The van der Waals surface area contributed by atoms with Crippen LogP contribution in [0.5, 0.6) is 0 Å². The van der Waals surface area contributed by atoms with Crippen LogP contribution >= 0.6 is 7.82 Å². The van der Waals surface area contributed by atoms with Crippen LogP contribution in [0.3, 0.4) is 0 Å². The van der Waals surface area contributed by atoms with E-state index in [1.54, 1.807) is 0 Å². The van der Waals surface area contributed by atoms with Crippen LogP contribution in [0.4, 0.5) is 0 Å². The molecule has 60 heavy (non-hydrogen) atoms. The summed E-state index contributed by atoms with van der Waals surface area (Å²) in [5.41, 5.74) is 0. The van der Waals surface area contributed by atoms with E-state index in [9.17, 15) is 39.8 Å². The third-order valence-electron chi connectivity index (χ3n) is 11.1. The minimum atomic E-state index is -5.03. The third-order valence-corrected chi connectivity index (χ3v) is 12.1. The highest BCUT2D eigenvalue weighted by Gasteiger charge is 2.51. The lowest BCUT2D eigenvalue weighted by Gasteiger charge is -2.41. The number of phosphoric acid groups is 1. The van der Waals surface area contributed by atoms with Crippen LogP contribution in [0.1, 0.15) is 200 Å².